The highest BCUT2D eigenvalue weighted by Gasteiger charge is 2.13. The van der Waals surface area contributed by atoms with Crippen molar-refractivity contribution in [2.75, 3.05) is 11.9 Å². The molecule has 0 atom stereocenters. The summed E-state index contributed by atoms with van der Waals surface area (Å²) in [5.41, 5.74) is 6.87. The third-order valence-corrected chi connectivity index (χ3v) is 2.43. The maximum absolute atomic E-state index is 7.27. The van der Waals surface area contributed by atoms with Gasteiger partial charge in [-0.1, -0.05) is 23.2 Å². The van der Waals surface area contributed by atoms with E-state index in [0.29, 0.717) is 15.7 Å². The molecule has 1 aromatic carbocycles. The third-order valence-electron chi connectivity index (χ3n) is 1.86. The van der Waals surface area contributed by atoms with Gasteiger partial charge < -0.3 is 10.6 Å². The number of halogens is 2. The van der Waals surface area contributed by atoms with E-state index >= 15 is 0 Å². The monoisotopic (exact) mass is 231 g/mol. The van der Waals surface area contributed by atoms with Crippen molar-refractivity contribution in [2.45, 2.75) is 6.92 Å². The first kappa shape index (κ1) is 11.1. The van der Waals surface area contributed by atoms with Gasteiger partial charge in [-0.3, -0.25) is 5.41 Å². The third kappa shape index (κ3) is 2.11. The molecule has 0 fully saturated rings. The van der Waals surface area contributed by atoms with Crippen LogP contribution in [0.15, 0.2) is 12.1 Å². The molecule has 3 N–H and O–H groups in total. The van der Waals surface area contributed by atoms with Crippen molar-refractivity contribution < 1.29 is 0 Å². The van der Waals surface area contributed by atoms with E-state index < -0.39 is 0 Å². The first-order valence-corrected chi connectivity index (χ1v) is 4.72. The van der Waals surface area contributed by atoms with Crippen LogP contribution in [0, 0.1) is 12.3 Å². The van der Waals surface area contributed by atoms with E-state index in [-0.39, 0.29) is 5.96 Å². The SMILES string of the molecule is Cc1cc(Cl)c(N(C)C(=N)N)c(Cl)c1. The molecule has 0 aliphatic carbocycles. The molecule has 0 aliphatic heterocycles. The van der Waals surface area contributed by atoms with Gasteiger partial charge in [0.2, 0.25) is 0 Å². The van der Waals surface area contributed by atoms with Gasteiger partial charge in [-0.25, -0.2) is 0 Å². The van der Waals surface area contributed by atoms with E-state index in [2.05, 4.69) is 0 Å². The highest BCUT2D eigenvalue weighted by atomic mass is 35.5. The summed E-state index contributed by atoms with van der Waals surface area (Å²) >= 11 is 12.0. The van der Waals surface area contributed by atoms with Crippen LogP contribution in [0.4, 0.5) is 5.69 Å². The predicted molar refractivity (Wildman–Crippen MR) is 61.5 cm³/mol. The molecule has 0 aromatic heterocycles. The Balaban J connectivity index is 3.27. The molecule has 76 valence electrons. The molecule has 0 unspecified atom stereocenters. The fraction of sp³-hybridized carbons (Fsp3) is 0.222. The average molecular weight is 232 g/mol. The molecule has 1 rings (SSSR count). The summed E-state index contributed by atoms with van der Waals surface area (Å²) in [5, 5.41) is 8.26. The largest absolute Gasteiger partial charge is 0.370 e. The molecule has 0 amide bonds. The van der Waals surface area contributed by atoms with Gasteiger partial charge in [-0.15, -0.1) is 0 Å². The summed E-state index contributed by atoms with van der Waals surface area (Å²) in [6, 6.07) is 3.56. The Hall–Kier alpha value is -0.930. The highest BCUT2D eigenvalue weighted by Crippen LogP contribution is 2.33. The molecule has 0 saturated heterocycles. The van der Waals surface area contributed by atoms with Crippen molar-refractivity contribution in [3.63, 3.8) is 0 Å². The Bertz CT molecular complexity index is 353. The number of anilines is 1. The minimum absolute atomic E-state index is 0.0994. The number of nitrogens with one attached hydrogen (secondary N) is 1. The first-order chi connectivity index (χ1) is 6.43. The maximum atomic E-state index is 7.27. The number of nitrogens with zero attached hydrogens (tertiary/aromatic N) is 1. The van der Waals surface area contributed by atoms with Crippen molar-refractivity contribution in [1.29, 1.82) is 5.41 Å². The quantitative estimate of drug-likeness (QED) is 0.577. The van der Waals surface area contributed by atoms with Crippen LogP contribution in [0.2, 0.25) is 10.0 Å². The summed E-state index contributed by atoms with van der Waals surface area (Å²) in [5.74, 6) is -0.0994. The van der Waals surface area contributed by atoms with Crippen LogP contribution < -0.4 is 10.6 Å². The molecule has 5 heteroatoms. The summed E-state index contributed by atoms with van der Waals surface area (Å²) in [4.78, 5) is 1.43. The Kier molecular flexibility index (Phi) is 3.24. The van der Waals surface area contributed by atoms with Gasteiger partial charge in [0.25, 0.3) is 0 Å². The Morgan fingerprint density at radius 1 is 1.36 bits per heavy atom. The summed E-state index contributed by atoms with van der Waals surface area (Å²) in [6.07, 6.45) is 0. The van der Waals surface area contributed by atoms with Crippen molar-refractivity contribution in [3.05, 3.63) is 27.7 Å². The van der Waals surface area contributed by atoms with Gasteiger partial charge in [0.15, 0.2) is 5.96 Å². The molecule has 0 bridgehead atoms. The molecule has 0 heterocycles. The van der Waals surface area contributed by atoms with Crippen molar-refractivity contribution in [1.82, 2.24) is 0 Å². The molecule has 14 heavy (non-hydrogen) atoms. The molecule has 0 aliphatic rings. The second-order valence-corrected chi connectivity index (χ2v) is 3.84. The molecule has 1 aromatic rings. The minimum atomic E-state index is -0.0994. The lowest BCUT2D eigenvalue weighted by Crippen LogP contribution is -2.33. The van der Waals surface area contributed by atoms with Gasteiger partial charge >= 0.3 is 0 Å². The zero-order valence-electron chi connectivity index (χ0n) is 7.94. The summed E-state index contributed by atoms with van der Waals surface area (Å²) < 4.78 is 0. The van der Waals surface area contributed by atoms with Crippen LogP contribution in [0.1, 0.15) is 5.56 Å². The van der Waals surface area contributed by atoms with Gasteiger partial charge in [-0.2, -0.15) is 0 Å². The number of aryl methyl sites for hydroxylation is 1. The minimum Gasteiger partial charge on any atom is -0.370 e. The van der Waals surface area contributed by atoms with Gasteiger partial charge in [-0.05, 0) is 24.6 Å². The average Bonchev–Trinajstić information content (AvgIpc) is 2.01. The van der Waals surface area contributed by atoms with E-state index in [1.807, 2.05) is 6.92 Å². The lowest BCUT2D eigenvalue weighted by Gasteiger charge is -2.19. The van der Waals surface area contributed by atoms with E-state index in [0.717, 1.165) is 5.56 Å². The Morgan fingerprint density at radius 2 is 1.79 bits per heavy atom. The van der Waals surface area contributed by atoms with Crippen LogP contribution in [-0.4, -0.2) is 13.0 Å². The standard InChI is InChI=1S/C9H11Cl2N3/c1-5-3-6(10)8(7(11)4-5)14(2)9(12)13/h3-4H,1-2H3,(H3,12,13). The van der Waals surface area contributed by atoms with E-state index in [1.165, 1.54) is 4.90 Å². The lowest BCUT2D eigenvalue weighted by molar-refractivity contribution is 1.19. The van der Waals surface area contributed by atoms with Gasteiger partial charge in [0.05, 0.1) is 15.7 Å². The fourth-order valence-corrected chi connectivity index (χ4v) is 1.98. The smallest absolute Gasteiger partial charge is 0.192 e. The second-order valence-electron chi connectivity index (χ2n) is 3.02. The second kappa shape index (κ2) is 4.07. The van der Waals surface area contributed by atoms with Crippen molar-refractivity contribution in [3.8, 4) is 0 Å². The molecule has 0 saturated carbocycles. The highest BCUT2D eigenvalue weighted by molar-refractivity contribution is 6.40. The predicted octanol–water partition coefficient (Wildman–Crippen LogP) is 2.63. The lowest BCUT2D eigenvalue weighted by atomic mass is 10.2. The number of hydrogen-bond donors (Lipinski definition) is 2. The van der Waals surface area contributed by atoms with E-state index in [1.54, 1.807) is 19.2 Å². The summed E-state index contributed by atoms with van der Waals surface area (Å²) in [6.45, 7) is 1.90. The normalized spacial score (nSPS) is 10.0. The number of benzene rings is 1. The molecular formula is C9H11Cl2N3. The van der Waals surface area contributed by atoms with Gasteiger partial charge in [0, 0.05) is 7.05 Å². The van der Waals surface area contributed by atoms with Crippen molar-refractivity contribution in [2.24, 2.45) is 5.73 Å². The van der Waals surface area contributed by atoms with E-state index in [4.69, 9.17) is 34.3 Å². The number of nitrogens with two attached hydrogens (primary N) is 1. The Morgan fingerprint density at radius 3 is 2.14 bits per heavy atom. The van der Waals surface area contributed by atoms with Crippen LogP contribution in [0.3, 0.4) is 0 Å². The number of rotatable bonds is 1. The maximum Gasteiger partial charge on any atom is 0.192 e. The van der Waals surface area contributed by atoms with Crippen LogP contribution in [0.5, 0.6) is 0 Å². The van der Waals surface area contributed by atoms with Crippen molar-refractivity contribution >= 4 is 34.8 Å². The van der Waals surface area contributed by atoms with Crippen LogP contribution in [0.25, 0.3) is 0 Å². The number of hydrogen-bond acceptors (Lipinski definition) is 1. The fourth-order valence-electron chi connectivity index (χ4n) is 1.13. The van der Waals surface area contributed by atoms with E-state index in [9.17, 15) is 0 Å². The van der Waals surface area contributed by atoms with Crippen LogP contribution in [-0.2, 0) is 0 Å². The summed E-state index contributed by atoms with van der Waals surface area (Å²) in [7, 11) is 1.64. The molecule has 0 spiro atoms. The topological polar surface area (TPSA) is 53.1 Å². The first-order valence-electron chi connectivity index (χ1n) is 3.97. The Labute approximate surface area is 92.9 Å². The zero-order chi connectivity index (χ0) is 10.9. The molecule has 0 radical (unpaired) electrons. The van der Waals surface area contributed by atoms with Gasteiger partial charge in [0.1, 0.15) is 0 Å². The van der Waals surface area contributed by atoms with Crippen LogP contribution >= 0.6 is 23.2 Å². The molecular weight excluding hydrogens is 221 g/mol. The molecule has 3 nitrogen and oxygen atoms in total. The number of guanidine groups is 1. The zero-order valence-corrected chi connectivity index (χ0v) is 9.45.